The van der Waals surface area contributed by atoms with E-state index >= 15 is 0 Å². The van der Waals surface area contributed by atoms with E-state index in [1.807, 2.05) is 0 Å². The summed E-state index contributed by atoms with van der Waals surface area (Å²) in [4.78, 5) is 17.9. The second-order valence-corrected chi connectivity index (χ2v) is 6.11. The Bertz CT molecular complexity index is 688. The van der Waals surface area contributed by atoms with Gasteiger partial charge in [-0.1, -0.05) is 0 Å². The zero-order valence-corrected chi connectivity index (χ0v) is 11.8. The molecule has 0 aromatic carbocycles. The molecule has 0 aliphatic carbocycles. The van der Waals surface area contributed by atoms with Crippen molar-refractivity contribution in [3.05, 3.63) is 28.2 Å². The van der Waals surface area contributed by atoms with Gasteiger partial charge < -0.3 is 9.72 Å². The lowest BCUT2D eigenvalue weighted by molar-refractivity contribution is 0.0602. The van der Waals surface area contributed by atoms with E-state index in [1.54, 1.807) is 12.3 Å². The topological polar surface area (TPSA) is 101 Å². The van der Waals surface area contributed by atoms with E-state index in [0.29, 0.717) is 5.56 Å². The van der Waals surface area contributed by atoms with Crippen molar-refractivity contribution in [1.29, 1.82) is 0 Å². The van der Waals surface area contributed by atoms with Crippen LogP contribution in [0, 0.1) is 6.92 Å². The average molecular weight is 301 g/mol. The normalized spacial score (nSPS) is 11.3. The first kappa shape index (κ1) is 13.6. The van der Waals surface area contributed by atoms with Gasteiger partial charge in [-0.2, -0.15) is 0 Å². The van der Waals surface area contributed by atoms with Gasteiger partial charge in [-0.05, 0) is 17.9 Å². The number of aromatic amines is 1. The van der Waals surface area contributed by atoms with Crippen molar-refractivity contribution >= 4 is 33.3 Å². The van der Waals surface area contributed by atoms with E-state index in [-0.39, 0.29) is 15.7 Å². The lowest BCUT2D eigenvalue weighted by Crippen LogP contribution is -2.17. The number of aromatic nitrogens is 2. The molecule has 9 heteroatoms. The third kappa shape index (κ3) is 2.61. The van der Waals surface area contributed by atoms with Gasteiger partial charge in [0.15, 0.2) is 0 Å². The van der Waals surface area contributed by atoms with Crippen molar-refractivity contribution in [2.45, 2.75) is 11.8 Å². The van der Waals surface area contributed by atoms with Gasteiger partial charge in [-0.3, -0.25) is 0 Å². The van der Waals surface area contributed by atoms with Gasteiger partial charge >= 0.3 is 5.97 Å². The van der Waals surface area contributed by atoms with Gasteiger partial charge in [0.2, 0.25) is 5.95 Å². The van der Waals surface area contributed by atoms with Crippen LogP contribution in [0.4, 0.5) is 5.95 Å². The molecule has 0 aliphatic rings. The number of nitrogens with one attached hydrogen (secondary N) is 2. The van der Waals surface area contributed by atoms with Crippen LogP contribution in [-0.2, 0) is 14.8 Å². The maximum Gasteiger partial charge on any atom is 0.349 e. The number of rotatable bonds is 4. The van der Waals surface area contributed by atoms with Crippen LogP contribution < -0.4 is 4.72 Å². The second-order valence-electron chi connectivity index (χ2n) is 3.61. The van der Waals surface area contributed by atoms with E-state index in [4.69, 9.17) is 0 Å². The first-order valence-corrected chi connectivity index (χ1v) is 7.50. The largest absolute Gasteiger partial charge is 0.465 e. The minimum atomic E-state index is -3.89. The Hall–Kier alpha value is -1.87. The number of carbonyl (C=O) groups is 1. The molecule has 2 rings (SSSR count). The lowest BCUT2D eigenvalue weighted by Gasteiger charge is -2.07. The molecule has 0 fully saturated rings. The fourth-order valence-electron chi connectivity index (χ4n) is 1.50. The number of methoxy groups -OCH3 is 1. The predicted octanol–water partition coefficient (Wildman–Crippen LogP) is 1.37. The molecule has 0 saturated heterocycles. The number of carbonyl (C=O) groups excluding carboxylic acids is 1. The number of imidazole rings is 1. The van der Waals surface area contributed by atoms with Gasteiger partial charge in [0.1, 0.15) is 9.77 Å². The van der Waals surface area contributed by atoms with Crippen LogP contribution in [-0.4, -0.2) is 31.5 Å². The predicted molar refractivity (Wildman–Crippen MR) is 69.8 cm³/mol. The maximum absolute atomic E-state index is 12.3. The van der Waals surface area contributed by atoms with Crippen molar-refractivity contribution in [3.63, 3.8) is 0 Å². The van der Waals surface area contributed by atoms with E-state index in [1.165, 1.54) is 19.5 Å². The second kappa shape index (κ2) is 5.02. The summed E-state index contributed by atoms with van der Waals surface area (Å²) in [5.74, 6) is -0.598. The van der Waals surface area contributed by atoms with Crippen LogP contribution in [0.25, 0.3) is 0 Å². The third-order valence-corrected chi connectivity index (χ3v) is 5.02. The monoisotopic (exact) mass is 301 g/mol. The van der Waals surface area contributed by atoms with Gasteiger partial charge in [-0.25, -0.2) is 22.9 Å². The van der Waals surface area contributed by atoms with Crippen LogP contribution in [0.15, 0.2) is 22.7 Å². The highest BCUT2D eigenvalue weighted by atomic mass is 32.2. The van der Waals surface area contributed by atoms with E-state index < -0.39 is 16.0 Å². The molecule has 0 bridgehead atoms. The molecule has 0 unspecified atom stereocenters. The highest BCUT2D eigenvalue weighted by Gasteiger charge is 2.28. The molecule has 19 heavy (non-hydrogen) atoms. The highest BCUT2D eigenvalue weighted by Crippen LogP contribution is 2.28. The van der Waals surface area contributed by atoms with Crippen molar-refractivity contribution < 1.29 is 17.9 Å². The van der Waals surface area contributed by atoms with Crippen LogP contribution in [0.2, 0.25) is 0 Å². The molecule has 0 amide bonds. The number of thiophene rings is 1. The summed E-state index contributed by atoms with van der Waals surface area (Å²) >= 11 is 1.02. The Morgan fingerprint density at radius 1 is 1.53 bits per heavy atom. The van der Waals surface area contributed by atoms with E-state index in [0.717, 1.165) is 11.3 Å². The van der Waals surface area contributed by atoms with Gasteiger partial charge in [0, 0.05) is 12.4 Å². The Morgan fingerprint density at radius 2 is 2.26 bits per heavy atom. The number of hydrogen-bond acceptors (Lipinski definition) is 6. The molecule has 2 aromatic heterocycles. The number of esters is 1. The highest BCUT2D eigenvalue weighted by molar-refractivity contribution is 7.93. The van der Waals surface area contributed by atoms with Crippen molar-refractivity contribution in [1.82, 2.24) is 9.97 Å². The molecular formula is C10H11N3O4S2. The molecule has 0 atom stereocenters. The maximum atomic E-state index is 12.3. The molecule has 0 radical (unpaired) electrons. The summed E-state index contributed by atoms with van der Waals surface area (Å²) in [6.07, 6.45) is 2.90. The first-order chi connectivity index (χ1) is 8.95. The Balaban J connectivity index is 2.46. The Labute approximate surface area is 113 Å². The smallest absolute Gasteiger partial charge is 0.349 e. The standard InChI is InChI=1S/C10H11N3O4S2/c1-6-5-18-7(9(14)17-2)8(6)19(15,16)13-10-11-3-4-12-10/h3-5H,1-2H3,(H2,11,12,13). The fourth-order valence-corrected chi connectivity index (χ4v) is 4.19. The quantitative estimate of drug-likeness (QED) is 0.830. The fraction of sp³-hybridized carbons (Fsp3) is 0.200. The molecule has 0 saturated carbocycles. The summed E-state index contributed by atoms with van der Waals surface area (Å²) in [6, 6.07) is 0. The zero-order chi connectivity index (χ0) is 14.0. The Morgan fingerprint density at radius 3 is 2.84 bits per heavy atom. The molecule has 0 aliphatic heterocycles. The number of sulfonamides is 1. The van der Waals surface area contributed by atoms with Crippen molar-refractivity contribution in [2.75, 3.05) is 11.8 Å². The van der Waals surface area contributed by atoms with Crippen LogP contribution in [0.3, 0.4) is 0 Å². The third-order valence-electron chi connectivity index (χ3n) is 2.29. The summed E-state index contributed by atoms with van der Waals surface area (Å²) < 4.78 is 31.3. The van der Waals surface area contributed by atoms with Crippen molar-refractivity contribution in [2.24, 2.45) is 0 Å². The summed E-state index contributed by atoms with van der Waals surface area (Å²) in [7, 11) is -2.69. The molecule has 2 aromatic rings. The number of anilines is 1. The SMILES string of the molecule is COC(=O)c1scc(C)c1S(=O)(=O)Nc1ncc[nH]1. The lowest BCUT2D eigenvalue weighted by atomic mass is 10.3. The zero-order valence-electron chi connectivity index (χ0n) is 10.1. The van der Waals surface area contributed by atoms with E-state index in [2.05, 4.69) is 19.4 Å². The number of hydrogen-bond donors (Lipinski definition) is 2. The molecule has 7 nitrogen and oxygen atoms in total. The molecule has 102 valence electrons. The minimum Gasteiger partial charge on any atom is -0.465 e. The minimum absolute atomic E-state index is 0.0408. The number of ether oxygens (including phenoxy) is 1. The van der Waals surface area contributed by atoms with E-state index in [9.17, 15) is 13.2 Å². The van der Waals surface area contributed by atoms with Gasteiger partial charge in [-0.15, -0.1) is 11.3 Å². The van der Waals surface area contributed by atoms with Crippen LogP contribution >= 0.6 is 11.3 Å². The number of aryl methyl sites for hydroxylation is 1. The molecule has 2 N–H and O–H groups in total. The molecule has 2 heterocycles. The van der Waals surface area contributed by atoms with Crippen molar-refractivity contribution in [3.8, 4) is 0 Å². The molecule has 0 spiro atoms. The van der Waals surface area contributed by atoms with Gasteiger partial charge in [0.05, 0.1) is 7.11 Å². The van der Waals surface area contributed by atoms with Crippen LogP contribution in [0.5, 0.6) is 0 Å². The van der Waals surface area contributed by atoms with Crippen LogP contribution in [0.1, 0.15) is 15.2 Å². The average Bonchev–Trinajstić information content (AvgIpc) is 2.97. The first-order valence-electron chi connectivity index (χ1n) is 5.14. The summed E-state index contributed by atoms with van der Waals surface area (Å²) in [5, 5.41) is 1.59. The summed E-state index contributed by atoms with van der Waals surface area (Å²) in [5.41, 5.74) is 0.476. The number of nitrogens with zero attached hydrogens (tertiary/aromatic N) is 1. The summed E-state index contributed by atoms with van der Waals surface area (Å²) in [6.45, 7) is 1.61. The Kier molecular flexibility index (Phi) is 3.58. The van der Waals surface area contributed by atoms with Gasteiger partial charge in [0.25, 0.3) is 10.0 Å². The number of H-pyrrole nitrogens is 1. The molecular weight excluding hydrogens is 290 g/mol.